The zero-order valence-electron chi connectivity index (χ0n) is 12.6. The fourth-order valence-electron chi connectivity index (χ4n) is 2.39. The highest BCUT2D eigenvalue weighted by Gasteiger charge is 2.07. The third-order valence-electron chi connectivity index (χ3n) is 3.64. The van der Waals surface area contributed by atoms with Gasteiger partial charge in [-0.25, -0.2) is 4.39 Å². The number of nitrogens with zero attached hydrogens (tertiary/aromatic N) is 2. The van der Waals surface area contributed by atoms with Gasteiger partial charge >= 0.3 is 0 Å². The summed E-state index contributed by atoms with van der Waals surface area (Å²) >= 11 is 0. The first-order chi connectivity index (χ1) is 10.2. The summed E-state index contributed by atoms with van der Waals surface area (Å²) in [5.41, 5.74) is 2.31. The van der Waals surface area contributed by atoms with Crippen LogP contribution < -0.4 is 0 Å². The predicted molar refractivity (Wildman–Crippen MR) is 82.6 cm³/mol. The van der Waals surface area contributed by atoms with E-state index in [-0.39, 0.29) is 12.4 Å². The lowest BCUT2D eigenvalue weighted by Gasteiger charge is -2.03. The lowest BCUT2D eigenvalue weighted by molar-refractivity contribution is 0.297. The fourth-order valence-corrected chi connectivity index (χ4v) is 2.39. The minimum Gasteiger partial charge on any atom is -0.396 e. The standard InChI is InChI=1S/C17H23FN2O/c1-2-3-4-5-9-20-13-16(12-19-20)15-7-6-14(8-10-21)17(18)11-15/h6-7,11-13,21H,2-5,8-10H2,1H3. The summed E-state index contributed by atoms with van der Waals surface area (Å²) in [7, 11) is 0. The summed E-state index contributed by atoms with van der Waals surface area (Å²) < 4.78 is 15.8. The van der Waals surface area contributed by atoms with Crippen LogP contribution in [-0.2, 0) is 13.0 Å². The van der Waals surface area contributed by atoms with Crippen molar-refractivity contribution in [2.24, 2.45) is 0 Å². The van der Waals surface area contributed by atoms with Crippen molar-refractivity contribution in [1.82, 2.24) is 9.78 Å². The van der Waals surface area contributed by atoms with Crippen LogP contribution in [0.1, 0.15) is 38.2 Å². The van der Waals surface area contributed by atoms with Gasteiger partial charge in [-0.2, -0.15) is 5.10 Å². The minimum absolute atomic E-state index is 0.0358. The van der Waals surface area contributed by atoms with Gasteiger partial charge in [0.15, 0.2) is 0 Å². The van der Waals surface area contributed by atoms with E-state index in [4.69, 9.17) is 5.11 Å². The van der Waals surface area contributed by atoms with E-state index in [2.05, 4.69) is 12.0 Å². The van der Waals surface area contributed by atoms with E-state index in [0.29, 0.717) is 12.0 Å². The summed E-state index contributed by atoms with van der Waals surface area (Å²) in [6, 6.07) is 5.13. The monoisotopic (exact) mass is 290 g/mol. The van der Waals surface area contributed by atoms with Crippen molar-refractivity contribution in [3.8, 4) is 11.1 Å². The van der Waals surface area contributed by atoms with Crippen LogP contribution in [0.5, 0.6) is 0 Å². The summed E-state index contributed by atoms with van der Waals surface area (Å²) in [6.45, 7) is 3.07. The fraction of sp³-hybridized carbons (Fsp3) is 0.471. The smallest absolute Gasteiger partial charge is 0.127 e. The van der Waals surface area contributed by atoms with Gasteiger partial charge < -0.3 is 5.11 Å². The molecule has 4 heteroatoms. The summed E-state index contributed by atoms with van der Waals surface area (Å²) in [6.07, 6.45) is 8.92. The van der Waals surface area contributed by atoms with Crippen molar-refractivity contribution in [2.45, 2.75) is 45.6 Å². The van der Waals surface area contributed by atoms with E-state index >= 15 is 0 Å². The number of benzene rings is 1. The average molecular weight is 290 g/mol. The van der Waals surface area contributed by atoms with Crippen molar-refractivity contribution < 1.29 is 9.50 Å². The quantitative estimate of drug-likeness (QED) is 0.751. The number of aryl methyl sites for hydroxylation is 1. The molecule has 0 fully saturated rings. The number of hydrogen-bond donors (Lipinski definition) is 1. The Hall–Kier alpha value is -1.68. The molecule has 1 N–H and O–H groups in total. The molecular weight excluding hydrogens is 267 g/mol. The van der Waals surface area contributed by atoms with Crippen LogP contribution >= 0.6 is 0 Å². The van der Waals surface area contributed by atoms with E-state index < -0.39 is 0 Å². The van der Waals surface area contributed by atoms with Crippen LogP contribution in [0.15, 0.2) is 30.6 Å². The molecule has 0 unspecified atom stereocenters. The number of aliphatic hydroxyl groups excluding tert-OH is 1. The largest absolute Gasteiger partial charge is 0.396 e. The molecule has 1 heterocycles. The Balaban J connectivity index is 2.02. The maximum atomic E-state index is 13.9. The van der Waals surface area contributed by atoms with Gasteiger partial charge in [0.2, 0.25) is 0 Å². The van der Waals surface area contributed by atoms with Crippen LogP contribution in [0.3, 0.4) is 0 Å². The first kappa shape index (κ1) is 15.7. The van der Waals surface area contributed by atoms with Crippen molar-refractivity contribution in [1.29, 1.82) is 0 Å². The number of rotatable bonds is 8. The third kappa shape index (κ3) is 4.39. The minimum atomic E-state index is -0.266. The maximum Gasteiger partial charge on any atom is 0.127 e. The van der Waals surface area contributed by atoms with Gasteiger partial charge in [0.1, 0.15) is 5.82 Å². The first-order valence-electron chi connectivity index (χ1n) is 7.66. The van der Waals surface area contributed by atoms with Gasteiger partial charge in [0.05, 0.1) is 6.20 Å². The van der Waals surface area contributed by atoms with Crippen molar-refractivity contribution in [3.63, 3.8) is 0 Å². The third-order valence-corrected chi connectivity index (χ3v) is 3.64. The zero-order chi connectivity index (χ0) is 15.1. The molecule has 114 valence electrons. The molecule has 0 radical (unpaired) electrons. The van der Waals surface area contributed by atoms with E-state index in [9.17, 15) is 4.39 Å². The molecule has 0 aliphatic carbocycles. The highest BCUT2D eigenvalue weighted by molar-refractivity contribution is 5.62. The maximum absolute atomic E-state index is 13.9. The number of hydrogen-bond acceptors (Lipinski definition) is 2. The van der Waals surface area contributed by atoms with Crippen molar-refractivity contribution in [3.05, 3.63) is 42.0 Å². The highest BCUT2D eigenvalue weighted by atomic mass is 19.1. The zero-order valence-corrected chi connectivity index (χ0v) is 12.6. The Kier molecular flexibility index (Phi) is 5.93. The van der Waals surface area contributed by atoms with Crippen LogP contribution in [0.2, 0.25) is 0 Å². The number of aromatic nitrogens is 2. The Labute approximate surface area is 125 Å². The summed E-state index contributed by atoms with van der Waals surface area (Å²) in [5, 5.41) is 13.2. The van der Waals surface area contributed by atoms with Crippen molar-refractivity contribution >= 4 is 0 Å². The van der Waals surface area contributed by atoms with Crippen LogP contribution in [0, 0.1) is 5.82 Å². The van der Waals surface area contributed by atoms with E-state index in [1.807, 2.05) is 16.9 Å². The molecule has 3 nitrogen and oxygen atoms in total. The van der Waals surface area contributed by atoms with Crippen LogP contribution in [0.4, 0.5) is 4.39 Å². The Bertz CT molecular complexity index is 566. The molecular formula is C17H23FN2O. The second-order valence-electron chi connectivity index (χ2n) is 5.33. The molecule has 0 saturated carbocycles. The molecule has 0 aliphatic heterocycles. The molecule has 0 saturated heterocycles. The Morgan fingerprint density at radius 3 is 2.76 bits per heavy atom. The average Bonchev–Trinajstić information content (AvgIpc) is 2.95. The molecule has 0 amide bonds. The van der Waals surface area contributed by atoms with Gasteiger partial charge in [0, 0.05) is 24.9 Å². The Morgan fingerprint density at radius 1 is 1.19 bits per heavy atom. The predicted octanol–water partition coefficient (Wildman–Crippen LogP) is 3.80. The Morgan fingerprint density at radius 2 is 2.05 bits per heavy atom. The molecule has 0 atom stereocenters. The van der Waals surface area contributed by atoms with Crippen LogP contribution in [0.25, 0.3) is 11.1 Å². The second-order valence-corrected chi connectivity index (χ2v) is 5.33. The van der Waals surface area contributed by atoms with E-state index in [1.165, 1.54) is 25.3 Å². The summed E-state index contributed by atoms with van der Waals surface area (Å²) in [4.78, 5) is 0. The molecule has 0 spiro atoms. The molecule has 1 aromatic carbocycles. The highest BCUT2D eigenvalue weighted by Crippen LogP contribution is 2.22. The van der Waals surface area contributed by atoms with E-state index in [0.717, 1.165) is 24.1 Å². The second kappa shape index (κ2) is 7.93. The molecule has 1 aromatic heterocycles. The normalized spacial score (nSPS) is 11.0. The topological polar surface area (TPSA) is 38.0 Å². The van der Waals surface area contributed by atoms with Crippen LogP contribution in [-0.4, -0.2) is 21.5 Å². The SMILES string of the molecule is CCCCCCn1cc(-c2ccc(CCO)c(F)c2)cn1. The lowest BCUT2D eigenvalue weighted by atomic mass is 10.1. The molecule has 0 aliphatic rings. The van der Waals surface area contributed by atoms with Gasteiger partial charge in [-0.1, -0.05) is 38.3 Å². The van der Waals surface area contributed by atoms with Gasteiger partial charge in [-0.3, -0.25) is 4.68 Å². The first-order valence-corrected chi connectivity index (χ1v) is 7.66. The molecule has 21 heavy (non-hydrogen) atoms. The molecule has 0 bridgehead atoms. The van der Waals surface area contributed by atoms with Gasteiger partial charge in [0.25, 0.3) is 0 Å². The number of aliphatic hydroxyl groups is 1. The molecule has 2 rings (SSSR count). The summed E-state index contributed by atoms with van der Waals surface area (Å²) in [5.74, 6) is -0.266. The molecule has 2 aromatic rings. The number of halogens is 1. The lowest BCUT2D eigenvalue weighted by Crippen LogP contribution is -1.97. The van der Waals surface area contributed by atoms with Crippen molar-refractivity contribution in [2.75, 3.05) is 6.61 Å². The van der Waals surface area contributed by atoms with E-state index in [1.54, 1.807) is 12.3 Å². The van der Waals surface area contributed by atoms with Gasteiger partial charge in [-0.15, -0.1) is 0 Å². The van der Waals surface area contributed by atoms with Gasteiger partial charge in [-0.05, 0) is 30.0 Å². The number of unbranched alkanes of at least 4 members (excludes halogenated alkanes) is 3.